The van der Waals surface area contributed by atoms with Gasteiger partial charge < -0.3 is 4.74 Å². The first kappa shape index (κ1) is 19.6. The van der Waals surface area contributed by atoms with Crippen molar-refractivity contribution in [3.05, 3.63) is 65.2 Å². The van der Waals surface area contributed by atoms with Crippen molar-refractivity contribution in [2.45, 2.75) is 6.18 Å². The minimum Gasteiger partial charge on any atom is -0.497 e. The molecule has 144 valence electrons. The molecule has 28 heavy (non-hydrogen) atoms. The van der Waals surface area contributed by atoms with Gasteiger partial charge in [0.25, 0.3) is 11.8 Å². The summed E-state index contributed by atoms with van der Waals surface area (Å²) >= 11 is 5.00. The normalized spacial score (nSPS) is 16.4. The fourth-order valence-electron chi connectivity index (χ4n) is 2.58. The van der Waals surface area contributed by atoms with Crippen LogP contribution in [0.3, 0.4) is 0 Å². The van der Waals surface area contributed by atoms with Gasteiger partial charge in [-0.15, -0.1) is 0 Å². The number of carbonyl (C=O) groups is 2. The molecule has 1 aliphatic rings. The maximum Gasteiger partial charge on any atom is 0.416 e. The number of nitrogens with zero attached hydrogens (tertiary/aromatic N) is 1. The third-order valence-electron chi connectivity index (χ3n) is 3.96. The molecule has 1 heterocycles. The van der Waals surface area contributed by atoms with Crippen LogP contribution in [0.5, 0.6) is 5.75 Å². The quantitative estimate of drug-likeness (QED) is 0.481. The van der Waals surface area contributed by atoms with Crippen LogP contribution in [0.1, 0.15) is 11.1 Å². The van der Waals surface area contributed by atoms with Gasteiger partial charge in [-0.05, 0) is 54.2 Å². The summed E-state index contributed by atoms with van der Waals surface area (Å²) in [6.07, 6.45) is -3.25. The molecule has 0 spiro atoms. The topological polar surface area (TPSA) is 58.6 Å². The highest BCUT2D eigenvalue weighted by molar-refractivity contribution is 7.80. The van der Waals surface area contributed by atoms with Crippen molar-refractivity contribution in [2.75, 3.05) is 12.0 Å². The van der Waals surface area contributed by atoms with E-state index in [4.69, 9.17) is 17.0 Å². The maximum absolute atomic E-state index is 13.0. The van der Waals surface area contributed by atoms with Crippen molar-refractivity contribution in [3.63, 3.8) is 0 Å². The molecule has 1 aliphatic heterocycles. The molecule has 0 aromatic heterocycles. The van der Waals surface area contributed by atoms with Gasteiger partial charge in [0, 0.05) is 0 Å². The average molecular weight is 406 g/mol. The van der Waals surface area contributed by atoms with Gasteiger partial charge in [0.2, 0.25) is 0 Å². The zero-order valence-electron chi connectivity index (χ0n) is 14.4. The smallest absolute Gasteiger partial charge is 0.416 e. The highest BCUT2D eigenvalue weighted by Crippen LogP contribution is 2.32. The lowest BCUT2D eigenvalue weighted by Crippen LogP contribution is -2.54. The van der Waals surface area contributed by atoms with Gasteiger partial charge in [0.15, 0.2) is 5.11 Å². The second-order valence-corrected chi connectivity index (χ2v) is 6.17. The summed E-state index contributed by atoms with van der Waals surface area (Å²) < 4.78 is 44.0. The van der Waals surface area contributed by atoms with Crippen LogP contribution in [-0.2, 0) is 15.8 Å². The Bertz CT molecular complexity index is 985. The first-order valence-electron chi connectivity index (χ1n) is 7.93. The Labute approximate surface area is 163 Å². The summed E-state index contributed by atoms with van der Waals surface area (Å²) in [5.41, 5.74) is -0.740. The molecule has 2 amide bonds. The summed E-state index contributed by atoms with van der Waals surface area (Å²) in [6, 6.07) is 10.7. The van der Waals surface area contributed by atoms with Gasteiger partial charge in [-0.2, -0.15) is 13.2 Å². The molecule has 9 heteroatoms. The largest absolute Gasteiger partial charge is 0.497 e. The molecule has 0 bridgehead atoms. The summed E-state index contributed by atoms with van der Waals surface area (Å²) in [5, 5.41) is 2.04. The zero-order chi connectivity index (χ0) is 20.5. The molecule has 2 aromatic rings. The highest BCUT2D eigenvalue weighted by Gasteiger charge is 2.36. The number of carbonyl (C=O) groups excluding carboxylic acids is 2. The molecule has 0 aliphatic carbocycles. The Morgan fingerprint density at radius 1 is 1.11 bits per heavy atom. The van der Waals surface area contributed by atoms with Crippen LogP contribution in [0.2, 0.25) is 0 Å². The second-order valence-electron chi connectivity index (χ2n) is 5.78. The third-order valence-corrected chi connectivity index (χ3v) is 4.24. The first-order valence-corrected chi connectivity index (χ1v) is 8.34. The fraction of sp³-hybridized carbons (Fsp3) is 0.105. The number of amides is 2. The number of benzene rings is 2. The number of thiocarbonyl (C=S) groups is 1. The van der Waals surface area contributed by atoms with Crippen LogP contribution in [0.25, 0.3) is 6.08 Å². The van der Waals surface area contributed by atoms with Crippen molar-refractivity contribution < 1.29 is 27.5 Å². The summed E-state index contributed by atoms with van der Waals surface area (Å²) in [5.74, 6) is -0.953. The monoisotopic (exact) mass is 406 g/mol. The number of alkyl halides is 3. The van der Waals surface area contributed by atoms with E-state index >= 15 is 0 Å². The van der Waals surface area contributed by atoms with Gasteiger partial charge in [-0.1, -0.05) is 18.2 Å². The predicted molar refractivity (Wildman–Crippen MR) is 101 cm³/mol. The van der Waals surface area contributed by atoms with Crippen molar-refractivity contribution >= 4 is 40.9 Å². The van der Waals surface area contributed by atoms with E-state index in [1.807, 2.05) is 0 Å². The van der Waals surface area contributed by atoms with Crippen molar-refractivity contribution in [2.24, 2.45) is 0 Å². The van der Waals surface area contributed by atoms with E-state index in [1.165, 1.54) is 19.3 Å². The molecule has 0 atom stereocenters. The SMILES string of the molecule is COc1ccc(/C=C2\C(=O)NC(=S)N(c3cccc(C(F)(F)F)c3)C2=O)cc1. The Balaban J connectivity index is 1.99. The van der Waals surface area contributed by atoms with Crippen molar-refractivity contribution in [3.8, 4) is 5.75 Å². The number of anilines is 1. The number of nitrogens with one attached hydrogen (secondary N) is 1. The van der Waals surface area contributed by atoms with E-state index < -0.39 is 23.6 Å². The lowest BCUT2D eigenvalue weighted by atomic mass is 10.1. The molecule has 1 saturated heterocycles. The summed E-state index contributed by atoms with van der Waals surface area (Å²) in [4.78, 5) is 25.9. The Kier molecular flexibility index (Phi) is 5.19. The van der Waals surface area contributed by atoms with E-state index in [2.05, 4.69) is 5.32 Å². The molecule has 0 unspecified atom stereocenters. The van der Waals surface area contributed by atoms with E-state index in [0.717, 1.165) is 23.1 Å². The Hall–Kier alpha value is -3.20. The van der Waals surface area contributed by atoms with Gasteiger partial charge in [0.1, 0.15) is 11.3 Å². The summed E-state index contributed by atoms with van der Waals surface area (Å²) in [6.45, 7) is 0. The van der Waals surface area contributed by atoms with Crippen molar-refractivity contribution in [1.29, 1.82) is 0 Å². The van der Waals surface area contributed by atoms with E-state index in [1.54, 1.807) is 24.3 Å². The molecule has 0 saturated carbocycles. The van der Waals surface area contributed by atoms with Crippen LogP contribution in [0, 0.1) is 0 Å². The van der Waals surface area contributed by atoms with Gasteiger partial charge in [-0.3, -0.25) is 19.8 Å². The average Bonchev–Trinajstić information content (AvgIpc) is 2.65. The fourth-order valence-corrected chi connectivity index (χ4v) is 2.86. The lowest BCUT2D eigenvalue weighted by molar-refractivity contribution is -0.137. The predicted octanol–water partition coefficient (Wildman–Crippen LogP) is 3.55. The highest BCUT2D eigenvalue weighted by atomic mass is 32.1. The second kappa shape index (κ2) is 7.43. The molecular formula is C19H13F3N2O3S. The van der Waals surface area contributed by atoms with Gasteiger partial charge >= 0.3 is 6.18 Å². The van der Waals surface area contributed by atoms with E-state index in [9.17, 15) is 22.8 Å². The van der Waals surface area contributed by atoms with E-state index in [-0.39, 0.29) is 16.4 Å². The minimum absolute atomic E-state index is 0.0922. The van der Waals surface area contributed by atoms with Gasteiger partial charge in [-0.25, -0.2) is 0 Å². The number of hydrogen-bond acceptors (Lipinski definition) is 4. The Morgan fingerprint density at radius 3 is 2.39 bits per heavy atom. The van der Waals surface area contributed by atoms with Crippen LogP contribution in [0.4, 0.5) is 18.9 Å². The van der Waals surface area contributed by atoms with Crippen LogP contribution in [-0.4, -0.2) is 24.0 Å². The number of methoxy groups -OCH3 is 1. The molecule has 1 fully saturated rings. The summed E-state index contributed by atoms with van der Waals surface area (Å²) in [7, 11) is 1.50. The molecule has 2 aromatic carbocycles. The maximum atomic E-state index is 13.0. The molecule has 1 N–H and O–H groups in total. The van der Waals surface area contributed by atoms with Crippen molar-refractivity contribution in [1.82, 2.24) is 5.32 Å². The lowest BCUT2D eigenvalue weighted by Gasteiger charge is -2.29. The zero-order valence-corrected chi connectivity index (χ0v) is 15.2. The molecule has 3 rings (SSSR count). The van der Waals surface area contributed by atoms with Gasteiger partial charge in [0.05, 0.1) is 18.4 Å². The number of halogens is 3. The number of hydrogen-bond donors (Lipinski definition) is 1. The molecular weight excluding hydrogens is 393 g/mol. The molecule has 0 radical (unpaired) electrons. The minimum atomic E-state index is -4.58. The Morgan fingerprint density at radius 2 is 1.79 bits per heavy atom. The van der Waals surface area contributed by atoms with Crippen LogP contribution in [0.15, 0.2) is 54.1 Å². The van der Waals surface area contributed by atoms with Crippen LogP contribution < -0.4 is 15.0 Å². The molecule has 5 nitrogen and oxygen atoms in total. The van der Waals surface area contributed by atoms with Crippen LogP contribution >= 0.6 is 12.2 Å². The number of rotatable bonds is 3. The number of ether oxygens (including phenoxy) is 1. The third kappa shape index (κ3) is 3.89. The standard InChI is InChI=1S/C19H13F3N2O3S/c1-27-14-7-5-11(6-8-14)9-15-16(25)23-18(28)24(17(15)26)13-4-2-3-12(10-13)19(20,21)22/h2-10H,1H3,(H,23,25,28)/b15-9+. The first-order chi connectivity index (χ1) is 13.2. The van der Waals surface area contributed by atoms with E-state index in [0.29, 0.717) is 11.3 Å².